The molecule has 1 aliphatic heterocycles. The van der Waals surface area contributed by atoms with E-state index in [0.29, 0.717) is 0 Å². The maximum Gasteiger partial charge on any atom is 0.227 e. The number of aromatic nitrogens is 1. The Hall–Kier alpha value is -2.11. The van der Waals surface area contributed by atoms with E-state index in [1.165, 1.54) is 6.42 Å². The molecular formula is C18H26N4O2. The lowest BCUT2D eigenvalue weighted by molar-refractivity contribution is -0.129. The van der Waals surface area contributed by atoms with Gasteiger partial charge in [-0.3, -0.25) is 9.59 Å². The Morgan fingerprint density at radius 1 is 1.08 bits per heavy atom. The van der Waals surface area contributed by atoms with Crippen molar-refractivity contribution in [3.05, 3.63) is 18.3 Å². The molecule has 2 amide bonds. The zero-order valence-electron chi connectivity index (χ0n) is 14.3. The summed E-state index contributed by atoms with van der Waals surface area (Å²) in [5, 5.41) is 2.99. The van der Waals surface area contributed by atoms with Crippen molar-refractivity contribution in [3.8, 4) is 0 Å². The predicted molar refractivity (Wildman–Crippen MR) is 93.9 cm³/mol. The van der Waals surface area contributed by atoms with Crippen LogP contribution in [0.5, 0.6) is 0 Å². The molecule has 2 heterocycles. The number of rotatable bonds is 3. The van der Waals surface area contributed by atoms with Crippen LogP contribution in [0, 0.1) is 5.92 Å². The molecular weight excluding hydrogens is 304 g/mol. The van der Waals surface area contributed by atoms with Crippen LogP contribution in [0.2, 0.25) is 0 Å². The molecule has 1 N–H and O–H groups in total. The topological polar surface area (TPSA) is 65.5 Å². The Morgan fingerprint density at radius 3 is 2.38 bits per heavy atom. The Balaban J connectivity index is 1.54. The highest BCUT2D eigenvalue weighted by Gasteiger charge is 2.22. The van der Waals surface area contributed by atoms with Crippen molar-refractivity contribution < 1.29 is 9.59 Å². The second-order valence-corrected chi connectivity index (χ2v) is 6.72. The first-order chi connectivity index (χ1) is 11.6. The number of nitrogens with zero attached hydrogens (tertiary/aromatic N) is 3. The molecule has 6 nitrogen and oxygen atoms in total. The molecule has 0 radical (unpaired) electrons. The van der Waals surface area contributed by atoms with Gasteiger partial charge >= 0.3 is 0 Å². The molecule has 0 unspecified atom stereocenters. The van der Waals surface area contributed by atoms with Gasteiger partial charge in [0.2, 0.25) is 11.8 Å². The minimum Gasteiger partial charge on any atom is -0.353 e. The van der Waals surface area contributed by atoms with Crippen LogP contribution in [-0.4, -0.2) is 47.9 Å². The van der Waals surface area contributed by atoms with Crippen LogP contribution in [-0.2, 0) is 9.59 Å². The van der Waals surface area contributed by atoms with Crippen molar-refractivity contribution in [2.45, 2.75) is 39.0 Å². The van der Waals surface area contributed by atoms with Crippen molar-refractivity contribution in [1.29, 1.82) is 0 Å². The molecule has 1 saturated carbocycles. The number of hydrogen-bond acceptors (Lipinski definition) is 4. The monoisotopic (exact) mass is 330 g/mol. The summed E-state index contributed by atoms with van der Waals surface area (Å²) in [7, 11) is 0. The molecule has 6 heteroatoms. The Labute approximate surface area is 143 Å². The zero-order valence-corrected chi connectivity index (χ0v) is 14.3. The third-order valence-corrected chi connectivity index (χ3v) is 5.04. The highest BCUT2D eigenvalue weighted by Crippen LogP contribution is 2.25. The first kappa shape index (κ1) is 16.7. The molecule has 1 saturated heterocycles. The lowest BCUT2D eigenvalue weighted by Crippen LogP contribution is -2.48. The minimum atomic E-state index is 0.124. The SMILES string of the molecule is CC(=O)N1CCN(c2ccc(NC(=O)C3CCCCC3)cn2)CC1. The van der Waals surface area contributed by atoms with E-state index >= 15 is 0 Å². The standard InChI is InChI=1S/C18H26N4O2/c1-14(23)21-9-11-22(12-10-21)17-8-7-16(13-19-17)20-18(24)15-5-3-2-4-6-15/h7-8,13,15H,2-6,9-12H2,1H3,(H,20,24). The van der Waals surface area contributed by atoms with Gasteiger partial charge in [0.15, 0.2) is 0 Å². The number of anilines is 2. The number of piperazine rings is 1. The molecule has 2 fully saturated rings. The van der Waals surface area contributed by atoms with Crippen molar-refractivity contribution in [2.75, 3.05) is 36.4 Å². The zero-order chi connectivity index (χ0) is 16.9. The summed E-state index contributed by atoms with van der Waals surface area (Å²) in [6.07, 6.45) is 7.28. The second-order valence-electron chi connectivity index (χ2n) is 6.72. The summed E-state index contributed by atoms with van der Waals surface area (Å²) < 4.78 is 0. The molecule has 130 valence electrons. The molecule has 0 atom stereocenters. The predicted octanol–water partition coefficient (Wildman–Crippen LogP) is 2.27. The summed E-state index contributed by atoms with van der Waals surface area (Å²) in [6, 6.07) is 3.86. The van der Waals surface area contributed by atoms with Crippen LogP contribution >= 0.6 is 0 Å². The van der Waals surface area contributed by atoms with Gasteiger partial charge in [-0.25, -0.2) is 4.98 Å². The van der Waals surface area contributed by atoms with Crippen LogP contribution in [0.15, 0.2) is 18.3 Å². The average molecular weight is 330 g/mol. The normalized spacial score (nSPS) is 19.2. The number of carbonyl (C=O) groups is 2. The fraction of sp³-hybridized carbons (Fsp3) is 0.611. The van der Waals surface area contributed by atoms with Gasteiger partial charge < -0.3 is 15.1 Å². The highest BCUT2D eigenvalue weighted by atomic mass is 16.2. The van der Waals surface area contributed by atoms with Gasteiger partial charge in [0.25, 0.3) is 0 Å². The fourth-order valence-corrected chi connectivity index (χ4v) is 3.51. The van der Waals surface area contributed by atoms with E-state index in [-0.39, 0.29) is 17.7 Å². The molecule has 1 aliphatic carbocycles. The van der Waals surface area contributed by atoms with Gasteiger partial charge in [0.05, 0.1) is 11.9 Å². The Kier molecular flexibility index (Phi) is 5.33. The number of nitrogens with one attached hydrogen (secondary N) is 1. The maximum absolute atomic E-state index is 12.3. The third kappa shape index (κ3) is 4.04. The fourth-order valence-electron chi connectivity index (χ4n) is 3.51. The first-order valence-corrected chi connectivity index (χ1v) is 8.91. The van der Waals surface area contributed by atoms with Gasteiger partial charge in [-0.1, -0.05) is 19.3 Å². The lowest BCUT2D eigenvalue weighted by Gasteiger charge is -2.34. The molecule has 0 aromatic carbocycles. The second kappa shape index (κ2) is 7.64. The third-order valence-electron chi connectivity index (χ3n) is 5.04. The van der Waals surface area contributed by atoms with Crippen LogP contribution in [0.25, 0.3) is 0 Å². The number of amides is 2. The summed E-state index contributed by atoms with van der Waals surface area (Å²) in [4.78, 5) is 32.1. The average Bonchev–Trinajstić information content (AvgIpc) is 2.63. The smallest absolute Gasteiger partial charge is 0.227 e. The van der Waals surface area contributed by atoms with Gasteiger partial charge in [-0.2, -0.15) is 0 Å². The van der Waals surface area contributed by atoms with Crippen molar-refractivity contribution in [1.82, 2.24) is 9.88 Å². The van der Waals surface area contributed by atoms with Crippen LogP contribution in [0.4, 0.5) is 11.5 Å². The number of hydrogen-bond donors (Lipinski definition) is 1. The molecule has 1 aromatic rings. The quantitative estimate of drug-likeness (QED) is 0.923. The summed E-state index contributed by atoms with van der Waals surface area (Å²) >= 11 is 0. The molecule has 0 spiro atoms. The van der Waals surface area contributed by atoms with Gasteiger partial charge in [0.1, 0.15) is 5.82 Å². The number of carbonyl (C=O) groups excluding carboxylic acids is 2. The maximum atomic E-state index is 12.3. The van der Waals surface area contributed by atoms with Crippen molar-refractivity contribution in [3.63, 3.8) is 0 Å². The van der Waals surface area contributed by atoms with E-state index in [9.17, 15) is 9.59 Å². The molecule has 2 aliphatic rings. The lowest BCUT2D eigenvalue weighted by atomic mass is 9.88. The summed E-state index contributed by atoms with van der Waals surface area (Å²) in [6.45, 7) is 4.66. The molecule has 1 aromatic heterocycles. The van der Waals surface area contributed by atoms with Crippen LogP contribution < -0.4 is 10.2 Å². The summed E-state index contributed by atoms with van der Waals surface area (Å²) in [5.41, 5.74) is 0.761. The van der Waals surface area contributed by atoms with Crippen LogP contribution in [0.3, 0.4) is 0 Å². The van der Waals surface area contributed by atoms with Crippen LogP contribution in [0.1, 0.15) is 39.0 Å². The van der Waals surface area contributed by atoms with E-state index in [4.69, 9.17) is 0 Å². The van der Waals surface area contributed by atoms with Gasteiger partial charge in [-0.05, 0) is 25.0 Å². The van der Waals surface area contributed by atoms with Crippen molar-refractivity contribution in [2.24, 2.45) is 5.92 Å². The van der Waals surface area contributed by atoms with Crippen molar-refractivity contribution >= 4 is 23.3 Å². The Bertz CT molecular complexity index is 573. The molecule has 24 heavy (non-hydrogen) atoms. The van der Waals surface area contributed by atoms with Gasteiger partial charge in [0, 0.05) is 39.0 Å². The minimum absolute atomic E-state index is 0.124. The van der Waals surface area contributed by atoms with E-state index < -0.39 is 0 Å². The van der Waals surface area contributed by atoms with E-state index in [1.807, 2.05) is 17.0 Å². The number of pyridine rings is 1. The van der Waals surface area contributed by atoms with E-state index in [1.54, 1.807) is 13.1 Å². The molecule has 0 bridgehead atoms. The summed E-state index contributed by atoms with van der Waals surface area (Å²) in [5.74, 6) is 1.30. The van der Waals surface area contributed by atoms with Gasteiger partial charge in [-0.15, -0.1) is 0 Å². The first-order valence-electron chi connectivity index (χ1n) is 8.91. The highest BCUT2D eigenvalue weighted by molar-refractivity contribution is 5.92. The van der Waals surface area contributed by atoms with E-state index in [0.717, 1.165) is 63.4 Å². The molecule has 3 rings (SSSR count). The largest absolute Gasteiger partial charge is 0.353 e. The van der Waals surface area contributed by atoms with E-state index in [2.05, 4.69) is 15.2 Å². The Morgan fingerprint density at radius 2 is 1.79 bits per heavy atom.